The summed E-state index contributed by atoms with van der Waals surface area (Å²) in [6, 6.07) is 16.7. The summed E-state index contributed by atoms with van der Waals surface area (Å²) < 4.78 is 6.30. The molecule has 0 saturated carbocycles. The predicted octanol–water partition coefficient (Wildman–Crippen LogP) is 2.39. The van der Waals surface area contributed by atoms with E-state index in [1.165, 1.54) is 4.90 Å². The number of aliphatic carboxylic acids is 1. The smallest absolute Gasteiger partial charge is 0.310 e. The van der Waals surface area contributed by atoms with E-state index in [1.54, 1.807) is 35.2 Å². The number of hydrogen-bond donors (Lipinski definition) is 2. The third-order valence-corrected chi connectivity index (χ3v) is 7.83. The van der Waals surface area contributed by atoms with Crippen LogP contribution in [-0.2, 0) is 25.7 Å². The van der Waals surface area contributed by atoms with Crippen LogP contribution < -0.4 is 0 Å². The lowest BCUT2D eigenvalue weighted by Crippen LogP contribution is -2.57. The van der Waals surface area contributed by atoms with Crippen LogP contribution in [0.3, 0.4) is 0 Å². The van der Waals surface area contributed by atoms with Gasteiger partial charge in [0.25, 0.3) is 0 Å². The van der Waals surface area contributed by atoms with Crippen molar-refractivity contribution >= 4 is 17.8 Å². The van der Waals surface area contributed by atoms with Gasteiger partial charge in [-0.15, -0.1) is 6.58 Å². The molecule has 2 N–H and O–H groups in total. The van der Waals surface area contributed by atoms with Gasteiger partial charge < -0.3 is 24.7 Å². The van der Waals surface area contributed by atoms with Gasteiger partial charge in [-0.25, -0.2) is 0 Å². The summed E-state index contributed by atoms with van der Waals surface area (Å²) in [6.07, 6.45) is 1.89. The van der Waals surface area contributed by atoms with Crippen molar-refractivity contribution in [2.75, 3.05) is 13.2 Å². The molecule has 36 heavy (non-hydrogen) atoms. The fraction of sp³-hybridized carbons (Fsp3) is 0.393. The van der Waals surface area contributed by atoms with Gasteiger partial charge in [-0.05, 0) is 24.0 Å². The third-order valence-electron chi connectivity index (χ3n) is 7.83. The topological polar surface area (TPSA) is 107 Å². The van der Waals surface area contributed by atoms with Crippen molar-refractivity contribution in [1.82, 2.24) is 9.80 Å². The Morgan fingerprint density at radius 3 is 2.44 bits per heavy atom. The molecule has 1 spiro atoms. The highest BCUT2D eigenvalue weighted by molar-refractivity contribution is 5.98. The lowest BCUT2D eigenvalue weighted by atomic mass is 9.70. The number of carbonyl (C=O) groups is 3. The Morgan fingerprint density at radius 2 is 1.83 bits per heavy atom. The van der Waals surface area contributed by atoms with Crippen LogP contribution in [0.15, 0.2) is 73.3 Å². The van der Waals surface area contributed by atoms with Crippen molar-refractivity contribution in [1.29, 1.82) is 0 Å². The van der Waals surface area contributed by atoms with E-state index >= 15 is 0 Å². The Morgan fingerprint density at radius 1 is 1.17 bits per heavy atom. The van der Waals surface area contributed by atoms with Crippen molar-refractivity contribution in [3.8, 4) is 0 Å². The minimum absolute atomic E-state index is 0.244. The molecule has 8 nitrogen and oxygen atoms in total. The average Bonchev–Trinajstić information content (AvgIpc) is 3.53. The summed E-state index contributed by atoms with van der Waals surface area (Å²) >= 11 is 0. The van der Waals surface area contributed by atoms with Gasteiger partial charge in [0, 0.05) is 13.1 Å². The minimum atomic E-state index is -1.25. The second-order valence-electron chi connectivity index (χ2n) is 9.74. The van der Waals surface area contributed by atoms with E-state index in [0.717, 1.165) is 5.56 Å². The van der Waals surface area contributed by atoms with E-state index in [-0.39, 0.29) is 12.5 Å². The summed E-state index contributed by atoms with van der Waals surface area (Å²) in [5.74, 6) is -3.90. The van der Waals surface area contributed by atoms with E-state index in [4.69, 9.17) is 4.74 Å². The van der Waals surface area contributed by atoms with Gasteiger partial charge in [0.1, 0.15) is 11.6 Å². The molecule has 2 aromatic carbocycles. The number of hydrogen-bond acceptors (Lipinski definition) is 5. The van der Waals surface area contributed by atoms with Crippen molar-refractivity contribution in [2.24, 2.45) is 11.8 Å². The Hall–Kier alpha value is -3.49. The molecule has 2 unspecified atom stereocenters. The van der Waals surface area contributed by atoms with Gasteiger partial charge in [0.05, 0.1) is 30.6 Å². The highest BCUT2D eigenvalue weighted by atomic mass is 16.5. The van der Waals surface area contributed by atoms with Gasteiger partial charge in [-0.1, -0.05) is 66.7 Å². The molecular formula is C28H30N2O6. The maximum atomic E-state index is 14.3. The Balaban J connectivity index is 1.60. The number of ether oxygens (including phenoxy) is 1. The molecule has 5 rings (SSSR count). The van der Waals surface area contributed by atoms with Crippen molar-refractivity contribution in [2.45, 2.75) is 43.2 Å². The van der Waals surface area contributed by atoms with Crippen LogP contribution in [0.5, 0.6) is 0 Å². The van der Waals surface area contributed by atoms with Gasteiger partial charge >= 0.3 is 5.97 Å². The van der Waals surface area contributed by atoms with E-state index < -0.39 is 54.1 Å². The van der Waals surface area contributed by atoms with E-state index in [0.29, 0.717) is 24.9 Å². The second-order valence-corrected chi connectivity index (χ2v) is 9.74. The molecule has 2 amide bonds. The number of aliphatic hydroxyl groups excluding tert-OH is 1. The van der Waals surface area contributed by atoms with E-state index in [1.807, 2.05) is 36.4 Å². The van der Waals surface area contributed by atoms with Gasteiger partial charge in [-0.3, -0.25) is 14.4 Å². The van der Waals surface area contributed by atoms with E-state index in [2.05, 4.69) is 6.58 Å². The first-order valence-electron chi connectivity index (χ1n) is 12.2. The SMILES string of the molecule is C=CCN(Cc1ccccc1)C(=O)C1N([C@H](CO)c2ccccc2)C(=O)[C@@H]2[C@@H](C(=O)O)[C@H]3CCC12O3. The summed E-state index contributed by atoms with van der Waals surface area (Å²) in [5.41, 5.74) is 0.335. The number of likely N-dealkylation sites (tertiary alicyclic amines) is 1. The van der Waals surface area contributed by atoms with Gasteiger partial charge in [-0.2, -0.15) is 0 Å². The summed E-state index contributed by atoms with van der Waals surface area (Å²) in [6.45, 7) is 3.94. The number of carboxylic acids is 1. The first-order valence-corrected chi connectivity index (χ1v) is 12.2. The Labute approximate surface area is 209 Å². The largest absolute Gasteiger partial charge is 0.481 e. The van der Waals surface area contributed by atoms with Crippen molar-refractivity contribution in [3.05, 3.63) is 84.4 Å². The lowest BCUT2D eigenvalue weighted by molar-refractivity contribution is -0.153. The number of nitrogens with zero attached hydrogens (tertiary/aromatic N) is 2. The number of rotatable bonds is 9. The third kappa shape index (κ3) is 3.72. The van der Waals surface area contributed by atoms with Crippen LogP contribution in [0.4, 0.5) is 0 Å². The number of aliphatic hydroxyl groups is 1. The quantitative estimate of drug-likeness (QED) is 0.523. The van der Waals surface area contributed by atoms with Crippen molar-refractivity contribution in [3.63, 3.8) is 0 Å². The van der Waals surface area contributed by atoms with Crippen molar-refractivity contribution < 1.29 is 29.3 Å². The molecule has 0 aliphatic carbocycles. The molecule has 3 saturated heterocycles. The van der Waals surface area contributed by atoms with Crippen LogP contribution >= 0.6 is 0 Å². The molecule has 2 bridgehead atoms. The minimum Gasteiger partial charge on any atom is -0.481 e. The highest BCUT2D eigenvalue weighted by Crippen LogP contribution is 2.59. The first kappa shape index (κ1) is 24.2. The number of fused-ring (bicyclic) bond motifs is 1. The zero-order valence-electron chi connectivity index (χ0n) is 19.9. The molecule has 3 aliphatic heterocycles. The molecule has 3 aliphatic rings. The second kappa shape index (κ2) is 9.52. The predicted molar refractivity (Wildman–Crippen MR) is 130 cm³/mol. The van der Waals surface area contributed by atoms with Crippen LogP contribution in [0.25, 0.3) is 0 Å². The highest BCUT2D eigenvalue weighted by Gasteiger charge is 2.75. The fourth-order valence-electron chi connectivity index (χ4n) is 6.38. The molecule has 2 aromatic rings. The van der Waals surface area contributed by atoms with Crippen LogP contribution in [0, 0.1) is 11.8 Å². The Bertz CT molecular complexity index is 1160. The summed E-state index contributed by atoms with van der Waals surface area (Å²) in [7, 11) is 0. The van der Waals surface area contributed by atoms with Gasteiger partial charge in [0.15, 0.2) is 0 Å². The fourth-order valence-corrected chi connectivity index (χ4v) is 6.38. The standard InChI is InChI=1S/C28H30N2O6/c1-2-15-29(16-18-9-5-3-6-10-18)26(33)24-28-14-13-21(36-28)22(27(34)35)23(28)25(32)30(24)20(17-31)19-11-7-4-8-12-19/h2-12,20-24,31H,1,13-17H2,(H,34,35)/t20-,21-,22+,23+,24?,28?/m1/s1. The average molecular weight is 491 g/mol. The number of benzene rings is 2. The number of carbonyl (C=O) groups excluding carboxylic acids is 2. The molecule has 0 radical (unpaired) electrons. The summed E-state index contributed by atoms with van der Waals surface area (Å²) in [4.78, 5) is 43.6. The summed E-state index contributed by atoms with van der Waals surface area (Å²) in [5, 5.41) is 20.4. The molecule has 188 valence electrons. The maximum absolute atomic E-state index is 14.3. The number of amides is 2. The monoisotopic (exact) mass is 490 g/mol. The van der Waals surface area contributed by atoms with Gasteiger partial charge in [0.2, 0.25) is 11.8 Å². The normalized spacial score (nSPS) is 29.1. The van der Waals surface area contributed by atoms with Crippen LogP contribution in [0.1, 0.15) is 30.0 Å². The molecule has 3 heterocycles. The lowest BCUT2D eigenvalue weighted by Gasteiger charge is -2.39. The van der Waals surface area contributed by atoms with Crippen LogP contribution in [-0.4, -0.2) is 68.7 Å². The molecule has 8 heteroatoms. The number of carboxylic acid groups (broad SMARTS) is 1. The van der Waals surface area contributed by atoms with E-state index in [9.17, 15) is 24.6 Å². The molecular weight excluding hydrogens is 460 g/mol. The molecule has 0 aromatic heterocycles. The van der Waals surface area contributed by atoms with Crippen LogP contribution in [0.2, 0.25) is 0 Å². The molecule has 3 fully saturated rings. The zero-order chi connectivity index (χ0) is 25.4. The first-order chi connectivity index (χ1) is 17.4. The molecule has 6 atom stereocenters. The Kier molecular flexibility index (Phi) is 6.40. The zero-order valence-corrected chi connectivity index (χ0v) is 19.9. The maximum Gasteiger partial charge on any atom is 0.310 e.